The summed E-state index contributed by atoms with van der Waals surface area (Å²) in [5, 5.41) is 2.94. The van der Waals surface area contributed by atoms with Gasteiger partial charge in [0.05, 0.1) is 0 Å². The predicted molar refractivity (Wildman–Crippen MR) is 61.7 cm³/mol. The fourth-order valence-electron chi connectivity index (χ4n) is 1.58. The first-order chi connectivity index (χ1) is 7.74. The Morgan fingerprint density at radius 2 is 1.94 bits per heavy atom. The number of aromatic nitrogens is 2. The molecule has 0 amide bonds. The van der Waals surface area contributed by atoms with Crippen molar-refractivity contribution in [1.82, 2.24) is 9.97 Å². The van der Waals surface area contributed by atoms with E-state index in [0.717, 1.165) is 5.56 Å². The van der Waals surface area contributed by atoms with Gasteiger partial charge in [-0.25, -0.2) is 9.37 Å². The van der Waals surface area contributed by atoms with Gasteiger partial charge in [-0.05, 0) is 18.6 Å². The van der Waals surface area contributed by atoms with Crippen LogP contribution in [-0.4, -0.2) is 17.0 Å². The maximum atomic E-state index is 13.4. The molecule has 0 radical (unpaired) electrons. The fraction of sp³-hybridized carbons (Fsp3) is 0.167. The van der Waals surface area contributed by atoms with Gasteiger partial charge in [0.2, 0.25) is 0 Å². The highest BCUT2D eigenvalue weighted by molar-refractivity contribution is 5.73. The number of hydrogen-bond donors (Lipinski definition) is 1. The van der Waals surface area contributed by atoms with E-state index in [1.54, 1.807) is 32.4 Å². The van der Waals surface area contributed by atoms with Crippen molar-refractivity contribution in [1.29, 1.82) is 0 Å². The molecule has 1 heterocycles. The first-order valence-corrected chi connectivity index (χ1v) is 4.98. The lowest BCUT2D eigenvalue weighted by molar-refractivity contribution is 0.619. The van der Waals surface area contributed by atoms with E-state index in [2.05, 4.69) is 15.3 Å². The minimum absolute atomic E-state index is 0.231. The monoisotopic (exact) mass is 217 g/mol. The highest BCUT2D eigenvalue weighted by atomic mass is 19.1. The maximum Gasteiger partial charge on any atom is 0.152 e. The molecule has 0 spiro atoms. The molecular weight excluding hydrogens is 205 g/mol. The lowest BCUT2D eigenvalue weighted by Crippen LogP contribution is -1.99. The third-order valence-electron chi connectivity index (χ3n) is 2.46. The van der Waals surface area contributed by atoms with Crippen molar-refractivity contribution in [2.45, 2.75) is 6.92 Å². The Balaban J connectivity index is 2.63. The molecule has 1 aromatic carbocycles. The van der Waals surface area contributed by atoms with Gasteiger partial charge in [0, 0.05) is 25.0 Å². The predicted octanol–water partition coefficient (Wildman–Crippen LogP) is 2.63. The van der Waals surface area contributed by atoms with Crippen LogP contribution in [0.3, 0.4) is 0 Å². The van der Waals surface area contributed by atoms with Crippen molar-refractivity contribution in [2.75, 3.05) is 12.4 Å². The van der Waals surface area contributed by atoms with Crippen molar-refractivity contribution in [3.8, 4) is 11.3 Å². The first-order valence-electron chi connectivity index (χ1n) is 4.98. The van der Waals surface area contributed by atoms with Gasteiger partial charge < -0.3 is 5.32 Å². The molecule has 3 nitrogen and oxygen atoms in total. The van der Waals surface area contributed by atoms with Crippen LogP contribution in [0.15, 0.2) is 30.6 Å². The van der Waals surface area contributed by atoms with E-state index in [1.165, 1.54) is 6.07 Å². The maximum absolute atomic E-state index is 13.4. The minimum Gasteiger partial charge on any atom is -0.371 e. The average molecular weight is 217 g/mol. The number of benzene rings is 1. The van der Waals surface area contributed by atoms with E-state index in [-0.39, 0.29) is 5.82 Å². The van der Waals surface area contributed by atoms with Crippen LogP contribution in [0.2, 0.25) is 0 Å². The Hall–Kier alpha value is -1.97. The summed E-state index contributed by atoms with van der Waals surface area (Å²) >= 11 is 0. The third-order valence-corrected chi connectivity index (χ3v) is 2.46. The zero-order chi connectivity index (χ0) is 11.5. The largest absolute Gasteiger partial charge is 0.371 e. The Labute approximate surface area is 93.4 Å². The molecule has 0 aliphatic carbocycles. The van der Waals surface area contributed by atoms with Crippen LogP contribution < -0.4 is 5.32 Å². The van der Waals surface area contributed by atoms with Gasteiger partial charge in [0.25, 0.3) is 0 Å². The van der Waals surface area contributed by atoms with Crippen molar-refractivity contribution in [3.63, 3.8) is 0 Å². The summed E-state index contributed by atoms with van der Waals surface area (Å²) < 4.78 is 13.4. The van der Waals surface area contributed by atoms with Crippen LogP contribution in [-0.2, 0) is 0 Å². The molecule has 0 saturated heterocycles. The molecule has 0 aliphatic rings. The summed E-state index contributed by atoms with van der Waals surface area (Å²) in [5.41, 5.74) is 2.01. The van der Waals surface area contributed by atoms with Crippen LogP contribution in [0.1, 0.15) is 5.56 Å². The van der Waals surface area contributed by atoms with Crippen molar-refractivity contribution >= 4 is 5.82 Å². The molecule has 0 saturated carbocycles. The molecular formula is C12H12FN3. The molecule has 2 aromatic rings. The van der Waals surface area contributed by atoms with Gasteiger partial charge in [-0.3, -0.25) is 4.98 Å². The highest BCUT2D eigenvalue weighted by Gasteiger charge is 2.11. The van der Waals surface area contributed by atoms with Gasteiger partial charge in [-0.2, -0.15) is 0 Å². The lowest BCUT2D eigenvalue weighted by Gasteiger charge is -2.09. The second kappa shape index (κ2) is 4.26. The molecule has 1 N–H and O–H groups in total. The number of halogens is 1. The quantitative estimate of drug-likeness (QED) is 0.840. The topological polar surface area (TPSA) is 37.8 Å². The number of rotatable bonds is 2. The number of nitrogens with zero attached hydrogens (tertiary/aromatic N) is 2. The normalized spacial score (nSPS) is 10.2. The van der Waals surface area contributed by atoms with Gasteiger partial charge in [-0.1, -0.05) is 12.1 Å². The molecule has 16 heavy (non-hydrogen) atoms. The zero-order valence-corrected chi connectivity index (χ0v) is 9.16. The Morgan fingerprint density at radius 3 is 2.69 bits per heavy atom. The van der Waals surface area contributed by atoms with Crippen LogP contribution >= 0.6 is 0 Å². The van der Waals surface area contributed by atoms with E-state index in [9.17, 15) is 4.39 Å². The molecule has 1 aromatic heterocycles. The van der Waals surface area contributed by atoms with Gasteiger partial charge in [0.15, 0.2) is 5.82 Å². The smallest absolute Gasteiger partial charge is 0.152 e. The average Bonchev–Trinajstić information content (AvgIpc) is 2.33. The first kappa shape index (κ1) is 10.5. The second-order valence-electron chi connectivity index (χ2n) is 3.42. The van der Waals surface area contributed by atoms with Crippen LogP contribution in [0, 0.1) is 12.7 Å². The fourth-order valence-corrected chi connectivity index (χ4v) is 1.58. The van der Waals surface area contributed by atoms with Gasteiger partial charge in [0.1, 0.15) is 11.5 Å². The number of anilines is 1. The summed E-state index contributed by atoms with van der Waals surface area (Å²) in [6.45, 7) is 1.73. The van der Waals surface area contributed by atoms with E-state index in [4.69, 9.17) is 0 Å². The van der Waals surface area contributed by atoms with E-state index >= 15 is 0 Å². The summed E-state index contributed by atoms with van der Waals surface area (Å²) in [7, 11) is 1.77. The summed E-state index contributed by atoms with van der Waals surface area (Å²) in [5.74, 6) is 0.418. The molecule has 0 unspecified atom stereocenters. The Bertz CT molecular complexity index is 511. The van der Waals surface area contributed by atoms with Crippen LogP contribution in [0.5, 0.6) is 0 Å². The lowest BCUT2D eigenvalue weighted by atomic mass is 10.0. The van der Waals surface area contributed by atoms with Crippen molar-refractivity contribution < 1.29 is 4.39 Å². The molecule has 82 valence electrons. The van der Waals surface area contributed by atoms with Gasteiger partial charge >= 0.3 is 0 Å². The van der Waals surface area contributed by atoms with Crippen LogP contribution in [0.4, 0.5) is 10.2 Å². The van der Waals surface area contributed by atoms with E-state index in [1.807, 2.05) is 6.07 Å². The second-order valence-corrected chi connectivity index (χ2v) is 3.42. The summed E-state index contributed by atoms with van der Waals surface area (Å²) in [6.07, 6.45) is 3.20. The highest BCUT2D eigenvalue weighted by Crippen LogP contribution is 2.27. The zero-order valence-electron chi connectivity index (χ0n) is 9.16. The molecule has 0 aliphatic heterocycles. The number of hydrogen-bond acceptors (Lipinski definition) is 3. The molecule has 0 bridgehead atoms. The van der Waals surface area contributed by atoms with E-state index < -0.39 is 0 Å². The molecule has 0 fully saturated rings. The Morgan fingerprint density at radius 1 is 1.19 bits per heavy atom. The SMILES string of the molecule is CNc1nccnc1-c1cccc(F)c1C. The van der Waals surface area contributed by atoms with Crippen molar-refractivity contribution in [2.24, 2.45) is 0 Å². The molecule has 2 rings (SSSR count). The summed E-state index contributed by atoms with van der Waals surface area (Å²) in [4.78, 5) is 8.38. The van der Waals surface area contributed by atoms with Gasteiger partial charge in [-0.15, -0.1) is 0 Å². The molecule has 0 atom stereocenters. The number of nitrogens with one attached hydrogen (secondary N) is 1. The molecule has 4 heteroatoms. The van der Waals surface area contributed by atoms with Crippen molar-refractivity contribution in [3.05, 3.63) is 42.0 Å². The third kappa shape index (κ3) is 1.74. The van der Waals surface area contributed by atoms with Crippen LogP contribution in [0.25, 0.3) is 11.3 Å². The Kier molecular flexibility index (Phi) is 2.81. The minimum atomic E-state index is -0.231. The van der Waals surface area contributed by atoms with E-state index in [0.29, 0.717) is 17.1 Å². The standard InChI is InChI=1S/C12H12FN3/c1-8-9(4-3-5-10(8)13)11-12(14-2)16-7-6-15-11/h3-7H,1-2H3,(H,14,16). The summed E-state index contributed by atoms with van der Waals surface area (Å²) in [6, 6.07) is 4.95.